The van der Waals surface area contributed by atoms with E-state index in [0.717, 1.165) is 12.3 Å². The molecule has 1 aromatic carbocycles. The molecule has 1 rings (SSSR count). The largest absolute Gasteiger partial charge is 0.313 e. The second-order valence-corrected chi connectivity index (χ2v) is 6.05. The van der Waals surface area contributed by atoms with E-state index >= 15 is 0 Å². The van der Waals surface area contributed by atoms with Gasteiger partial charge in [-0.3, -0.25) is 0 Å². The lowest BCUT2D eigenvalue weighted by molar-refractivity contribution is 0.443. The summed E-state index contributed by atoms with van der Waals surface area (Å²) in [5.41, 5.74) is 2.74. The van der Waals surface area contributed by atoms with Crippen molar-refractivity contribution in [3.05, 3.63) is 29.3 Å². The topological polar surface area (TPSA) is 12.0 Å². The minimum Gasteiger partial charge on any atom is -0.313 e. The van der Waals surface area contributed by atoms with E-state index in [0.29, 0.717) is 12.0 Å². The molecule has 0 aromatic heterocycles. The van der Waals surface area contributed by atoms with Gasteiger partial charge in [0.05, 0.1) is 0 Å². The highest BCUT2D eigenvalue weighted by atomic mass is 32.2. The first-order valence-corrected chi connectivity index (χ1v) is 7.46. The average molecular weight is 251 g/mol. The summed E-state index contributed by atoms with van der Waals surface area (Å²) in [5.74, 6) is 1.84. The number of benzene rings is 1. The average Bonchev–Trinajstić information content (AvgIpc) is 2.28. The van der Waals surface area contributed by atoms with Crippen molar-refractivity contribution in [1.29, 1.82) is 0 Å². The second kappa shape index (κ2) is 7.07. The molecule has 0 amide bonds. The fourth-order valence-electron chi connectivity index (χ4n) is 1.79. The van der Waals surface area contributed by atoms with Crippen LogP contribution in [0.25, 0.3) is 0 Å². The van der Waals surface area contributed by atoms with Crippen molar-refractivity contribution in [1.82, 2.24) is 5.32 Å². The zero-order valence-electron chi connectivity index (χ0n) is 11.7. The van der Waals surface area contributed by atoms with E-state index in [9.17, 15) is 0 Å². The van der Waals surface area contributed by atoms with E-state index in [4.69, 9.17) is 0 Å². The lowest BCUT2D eigenvalue weighted by Gasteiger charge is -2.21. The molecule has 2 heteroatoms. The minimum absolute atomic E-state index is 0.602. The fourth-order valence-corrected chi connectivity index (χ4v) is 3.22. The minimum atomic E-state index is 0.602. The van der Waals surface area contributed by atoms with Crippen molar-refractivity contribution in [2.24, 2.45) is 5.92 Å². The molecule has 0 aliphatic rings. The van der Waals surface area contributed by atoms with Crippen LogP contribution >= 0.6 is 11.8 Å². The van der Waals surface area contributed by atoms with Crippen molar-refractivity contribution in [3.8, 4) is 0 Å². The van der Waals surface area contributed by atoms with Gasteiger partial charge in [0.25, 0.3) is 0 Å². The summed E-state index contributed by atoms with van der Waals surface area (Å²) in [7, 11) is 0. The van der Waals surface area contributed by atoms with Crippen LogP contribution in [-0.4, -0.2) is 18.3 Å². The molecule has 1 unspecified atom stereocenters. The first-order chi connectivity index (χ1) is 8.04. The first-order valence-electron chi connectivity index (χ1n) is 6.48. The molecule has 0 spiro atoms. The monoisotopic (exact) mass is 251 g/mol. The molecule has 0 heterocycles. The molecule has 96 valence electrons. The lowest BCUT2D eigenvalue weighted by Crippen LogP contribution is -2.35. The lowest BCUT2D eigenvalue weighted by atomic mass is 10.1. The van der Waals surface area contributed by atoms with Crippen molar-refractivity contribution < 1.29 is 0 Å². The quantitative estimate of drug-likeness (QED) is 0.766. The highest BCUT2D eigenvalue weighted by Crippen LogP contribution is 2.25. The summed E-state index contributed by atoms with van der Waals surface area (Å²) in [6, 6.07) is 7.30. The van der Waals surface area contributed by atoms with E-state index in [1.165, 1.54) is 16.0 Å². The van der Waals surface area contributed by atoms with Gasteiger partial charge in [-0.25, -0.2) is 0 Å². The van der Waals surface area contributed by atoms with Crippen LogP contribution in [0.5, 0.6) is 0 Å². The predicted octanol–water partition coefficient (Wildman–Crippen LogP) is 4.03. The van der Waals surface area contributed by atoms with Crippen LogP contribution in [0.2, 0.25) is 0 Å². The van der Waals surface area contributed by atoms with E-state index in [2.05, 4.69) is 58.1 Å². The third-order valence-corrected chi connectivity index (χ3v) is 4.31. The number of hydrogen-bond acceptors (Lipinski definition) is 2. The highest BCUT2D eigenvalue weighted by Gasteiger charge is 2.12. The molecular formula is C15H25NS. The molecule has 0 fully saturated rings. The van der Waals surface area contributed by atoms with Gasteiger partial charge in [-0.15, -0.1) is 11.8 Å². The number of thioether (sulfide) groups is 1. The summed E-state index contributed by atoms with van der Waals surface area (Å²) in [6.45, 7) is 12.2. The van der Waals surface area contributed by atoms with Gasteiger partial charge >= 0.3 is 0 Å². The molecule has 1 aromatic rings. The van der Waals surface area contributed by atoms with Crippen LogP contribution in [-0.2, 0) is 0 Å². The second-order valence-electron chi connectivity index (χ2n) is 4.99. The Labute approximate surface area is 110 Å². The van der Waals surface area contributed by atoms with Crippen LogP contribution in [0.1, 0.15) is 31.9 Å². The van der Waals surface area contributed by atoms with Gasteiger partial charge in [0, 0.05) is 16.7 Å². The molecule has 0 aliphatic carbocycles. The molecule has 1 nitrogen and oxygen atoms in total. The Morgan fingerprint density at radius 1 is 1.24 bits per heavy atom. The van der Waals surface area contributed by atoms with Crippen molar-refractivity contribution in [3.63, 3.8) is 0 Å². The Morgan fingerprint density at radius 3 is 2.53 bits per heavy atom. The van der Waals surface area contributed by atoms with E-state index < -0.39 is 0 Å². The first kappa shape index (κ1) is 14.6. The maximum absolute atomic E-state index is 3.57. The summed E-state index contributed by atoms with van der Waals surface area (Å²) < 4.78 is 0. The summed E-state index contributed by atoms with van der Waals surface area (Å²) in [6.07, 6.45) is 0. The Hall–Kier alpha value is -0.470. The molecule has 0 aliphatic heterocycles. The molecular weight excluding hydrogens is 226 g/mol. The van der Waals surface area contributed by atoms with Gasteiger partial charge in [-0.1, -0.05) is 38.5 Å². The number of hydrogen-bond donors (Lipinski definition) is 1. The van der Waals surface area contributed by atoms with Gasteiger partial charge in [-0.2, -0.15) is 0 Å². The standard InChI is InChI=1S/C15H25NS/c1-6-16-14(11(2)3)10-17-15-9-12(4)7-8-13(15)5/h7-9,11,14,16H,6,10H2,1-5H3. The van der Waals surface area contributed by atoms with Gasteiger partial charge in [0.1, 0.15) is 0 Å². The molecule has 17 heavy (non-hydrogen) atoms. The Morgan fingerprint density at radius 2 is 1.94 bits per heavy atom. The zero-order valence-corrected chi connectivity index (χ0v) is 12.5. The van der Waals surface area contributed by atoms with Gasteiger partial charge in [-0.05, 0) is 37.9 Å². The van der Waals surface area contributed by atoms with Crippen LogP contribution in [0.3, 0.4) is 0 Å². The molecule has 1 N–H and O–H groups in total. The van der Waals surface area contributed by atoms with Gasteiger partial charge in [0.15, 0.2) is 0 Å². The number of nitrogens with one attached hydrogen (secondary N) is 1. The van der Waals surface area contributed by atoms with Crippen LogP contribution < -0.4 is 5.32 Å². The van der Waals surface area contributed by atoms with Gasteiger partial charge < -0.3 is 5.32 Å². The zero-order chi connectivity index (χ0) is 12.8. The van der Waals surface area contributed by atoms with Crippen molar-refractivity contribution in [2.75, 3.05) is 12.3 Å². The summed E-state index contributed by atoms with van der Waals surface area (Å²) >= 11 is 1.98. The number of rotatable bonds is 6. The Kier molecular flexibility index (Phi) is 6.07. The van der Waals surface area contributed by atoms with E-state index in [-0.39, 0.29) is 0 Å². The maximum Gasteiger partial charge on any atom is 0.0184 e. The molecule has 1 atom stereocenters. The Bertz CT molecular complexity index is 347. The van der Waals surface area contributed by atoms with E-state index in [1.54, 1.807) is 0 Å². The molecule has 0 saturated heterocycles. The Balaban J connectivity index is 2.61. The van der Waals surface area contributed by atoms with Crippen molar-refractivity contribution in [2.45, 2.75) is 45.6 Å². The number of aryl methyl sites for hydroxylation is 2. The normalized spacial score (nSPS) is 13.1. The van der Waals surface area contributed by atoms with Gasteiger partial charge in [0.2, 0.25) is 0 Å². The molecule has 0 saturated carbocycles. The molecule has 0 radical (unpaired) electrons. The smallest absolute Gasteiger partial charge is 0.0184 e. The summed E-state index contributed by atoms with van der Waals surface area (Å²) in [4.78, 5) is 1.42. The maximum atomic E-state index is 3.57. The third kappa shape index (κ3) is 4.72. The van der Waals surface area contributed by atoms with Crippen LogP contribution in [0, 0.1) is 19.8 Å². The van der Waals surface area contributed by atoms with E-state index in [1.807, 2.05) is 11.8 Å². The SMILES string of the molecule is CCNC(CSc1cc(C)ccc1C)C(C)C. The highest BCUT2D eigenvalue weighted by molar-refractivity contribution is 7.99. The predicted molar refractivity (Wildman–Crippen MR) is 78.9 cm³/mol. The van der Waals surface area contributed by atoms with Crippen LogP contribution in [0.15, 0.2) is 23.1 Å². The third-order valence-electron chi connectivity index (χ3n) is 3.03. The van der Waals surface area contributed by atoms with Crippen LogP contribution in [0.4, 0.5) is 0 Å². The fraction of sp³-hybridized carbons (Fsp3) is 0.600. The van der Waals surface area contributed by atoms with Crippen molar-refractivity contribution >= 4 is 11.8 Å². The molecule has 0 bridgehead atoms. The summed E-state index contributed by atoms with van der Waals surface area (Å²) in [5, 5.41) is 3.57.